The van der Waals surface area contributed by atoms with Gasteiger partial charge < -0.3 is 19.7 Å². The number of nitrogens with one attached hydrogen (secondary N) is 1. The first-order valence-corrected chi connectivity index (χ1v) is 7.61. The summed E-state index contributed by atoms with van der Waals surface area (Å²) < 4.78 is 20.6. The predicted molar refractivity (Wildman–Crippen MR) is 83.6 cm³/mol. The third kappa shape index (κ3) is 3.00. The maximum absolute atomic E-state index is 13.8. The number of benzene rings is 1. The number of hydrogen-bond donors (Lipinski definition) is 2. The van der Waals surface area contributed by atoms with Crippen LogP contribution in [0.1, 0.15) is 32.1 Å². The number of rotatable bonds is 4. The Hall–Kier alpha value is -2.38. The number of aromatic nitrogens is 1. The average Bonchev–Trinajstić information content (AvgIpc) is 2.94. The van der Waals surface area contributed by atoms with Crippen molar-refractivity contribution in [3.8, 4) is 0 Å². The molecule has 0 bridgehead atoms. The van der Waals surface area contributed by atoms with Gasteiger partial charge in [0, 0.05) is 23.7 Å². The highest BCUT2D eigenvalue weighted by Crippen LogP contribution is 2.22. The van der Waals surface area contributed by atoms with E-state index in [-0.39, 0.29) is 35.0 Å². The Morgan fingerprint density at radius 2 is 2.21 bits per heavy atom. The van der Waals surface area contributed by atoms with Gasteiger partial charge in [-0.3, -0.25) is 4.79 Å². The number of nitrogens with zero attached hydrogens (tertiary/aromatic N) is 1. The van der Waals surface area contributed by atoms with Crippen LogP contribution in [0.4, 0.5) is 4.39 Å². The minimum absolute atomic E-state index is 0.0313. The molecule has 0 radical (unpaired) electrons. The fourth-order valence-electron chi connectivity index (χ4n) is 2.66. The highest BCUT2D eigenvalue weighted by molar-refractivity contribution is 6.31. The Morgan fingerprint density at radius 1 is 1.42 bits per heavy atom. The highest BCUT2D eigenvalue weighted by Gasteiger charge is 2.25. The lowest BCUT2D eigenvalue weighted by Crippen LogP contribution is -2.28. The van der Waals surface area contributed by atoms with Crippen LogP contribution < -0.4 is 5.32 Å². The Morgan fingerprint density at radius 3 is 2.92 bits per heavy atom. The number of amides is 1. The van der Waals surface area contributed by atoms with Crippen molar-refractivity contribution in [2.24, 2.45) is 0 Å². The van der Waals surface area contributed by atoms with Crippen LogP contribution in [-0.2, 0) is 24.4 Å². The van der Waals surface area contributed by atoms with E-state index in [0.717, 1.165) is 0 Å². The summed E-state index contributed by atoms with van der Waals surface area (Å²) in [4.78, 5) is 23.7. The molecule has 0 fully saturated rings. The summed E-state index contributed by atoms with van der Waals surface area (Å²) in [6.45, 7) is 0.809. The molecule has 6 nitrogen and oxygen atoms in total. The van der Waals surface area contributed by atoms with Crippen LogP contribution in [-0.4, -0.2) is 28.2 Å². The second-order valence-corrected chi connectivity index (χ2v) is 5.69. The van der Waals surface area contributed by atoms with Crippen LogP contribution in [0.5, 0.6) is 0 Å². The van der Waals surface area contributed by atoms with Crippen molar-refractivity contribution in [2.45, 2.75) is 19.7 Å². The molecule has 1 amide bonds. The van der Waals surface area contributed by atoms with E-state index in [2.05, 4.69) is 5.32 Å². The van der Waals surface area contributed by atoms with Crippen LogP contribution in [0.15, 0.2) is 24.3 Å². The van der Waals surface area contributed by atoms with E-state index < -0.39 is 17.7 Å². The molecule has 126 valence electrons. The molecule has 1 aromatic heterocycles. The van der Waals surface area contributed by atoms with Gasteiger partial charge in [-0.1, -0.05) is 17.7 Å². The van der Waals surface area contributed by atoms with Gasteiger partial charge in [0.05, 0.1) is 24.5 Å². The van der Waals surface area contributed by atoms with E-state index in [0.29, 0.717) is 18.8 Å². The summed E-state index contributed by atoms with van der Waals surface area (Å²) in [6.07, 6.45) is 0. The first kappa shape index (κ1) is 16.5. The molecular weight excluding hydrogens is 339 g/mol. The number of ether oxygens (including phenoxy) is 1. The lowest BCUT2D eigenvalue weighted by molar-refractivity contribution is 0.0656. The van der Waals surface area contributed by atoms with Gasteiger partial charge in [0.25, 0.3) is 5.91 Å². The quantitative estimate of drug-likeness (QED) is 0.885. The molecule has 0 saturated carbocycles. The van der Waals surface area contributed by atoms with E-state index in [9.17, 15) is 19.1 Å². The van der Waals surface area contributed by atoms with Crippen LogP contribution in [0, 0.1) is 5.82 Å². The summed E-state index contributed by atoms with van der Waals surface area (Å²) >= 11 is 5.93. The van der Waals surface area contributed by atoms with Crippen molar-refractivity contribution >= 4 is 23.5 Å². The number of carbonyl (C=O) groups excluding carboxylic acids is 1. The number of carboxylic acids is 1. The maximum Gasteiger partial charge on any atom is 0.337 e. The molecule has 0 aliphatic carbocycles. The molecule has 2 heterocycles. The molecule has 0 unspecified atom stereocenters. The topological polar surface area (TPSA) is 80.6 Å². The van der Waals surface area contributed by atoms with Crippen molar-refractivity contribution in [1.29, 1.82) is 0 Å². The van der Waals surface area contributed by atoms with Gasteiger partial charge in [-0.05, 0) is 18.2 Å². The largest absolute Gasteiger partial charge is 0.478 e. The first-order valence-electron chi connectivity index (χ1n) is 7.23. The zero-order valence-corrected chi connectivity index (χ0v) is 13.3. The van der Waals surface area contributed by atoms with Crippen LogP contribution in [0.2, 0.25) is 5.02 Å². The summed E-state index contributed by atoms with van der Waals surface area (Å²) in [5, 5.41) is 12.0. The molecule has 3 rings (SSSR count). The molecule has 0 spiro atoms. The second kappa shape index (κ2) is 6.62. The summed E-state index contributed by atoms with van der Waals surface area (Å²) in [5.41, 5.74) is 0.865. The maximum atomic E-state index is 13.8. The average molecular weight is 353 g/mol. The molecule has 1 aliphatic heterocycles. The van der Waals surface area contributed by atoms with E-state index >= 15 is 0 Å². The van der Waals surface area contributed by atoms with Gasteiger partial charge in [0.15, 0.2) is 0 Å². The number of carbonyl (C=O) groups is 2. The van der Waals surface area contributed by atoms with E-state index in [1.54, 1.807) is 4.57 Å². The van der Waals surface area contributed by atoms with Gasteiger partial charge in [-0.15, -0.1) is 0 Å². The zero-order valence-electron chi connectivity index (χ0n) is 12.5. The molecule has 2 aromatic rings. The van der Waals surface area contributed by atoms with Crippen molar-refractivity contribution in [2.75, 3.05) is 6.61 Å². The van der Waals surface area contributed by atoms with Crippen LogP contribution >= 0.6 is 11.6 Å². The van der Waals surface area contributed by atoms with Crippen LogP contribution in [0.25, 0.3) is 0 Å². The Labute approximate surface area is 141 Å². The predicted octanol–water partition coefficient (Wildman–Crippen LogP) is 2.44. The SMILES string of the molecule is O=C(O)c1cc(C(=O)NCc2c(F)cccc2Cl)n2c1COCC2. The minimum atomic E-state index is -1.12. The number of fused-ring (bicyclic) bond motifs is 1. The van der Waals surface area contributed by atoms with Gasteiger partial charge in [0.1, 0.15) is 11.5 Å². The van der Waals surface area contributed by atoms with Crippen LogP contribution in [0.3, 0.4) is 0 Å². The number of aromatic carboxylic acids is 1. The number of halogens is 2. The number of hydrogen-bond acceptors (Lipinski definition) is 3. The minimum Gasteiger partial charge on any atom is -0.478 e. The molecule has 1 aliphatic rings. The van der Waals surface area contributed by atoms with Gasteiger partial charge in [0.2, 0.25) is 0 Å². The molecular formula is C16H14ClFN2O4. The Bertz CT molecular complexity index is 798. The first-order chi connectivity index (χ1) is 11.5. The van der Waals surface area contributed by atoms with Crippen molar-refractivity contribution in [3.05, 3.63) is 57.6 Å². The lowest BCUT2D eigenvalue weighted by Gasteiger charge is -2.18. The normalized spacial score (nSPS) is 13.4. The summed E-state index contributed by atoms with van der Waals surface area (Å²) in [5.74, 6) is -2.13. The fourth-order valence-corrected chi connectivity index (χ4v) is 2.89. The molecule has 1 aromatic carbocycles. The van der Waals surface area contributed by atoms with Gasteiger partial charge in [-0.25, -0.2) is 9.18 Å². The highest BCUT2D eigenvalue weighted by atomic mass is 35.5. The fraction of sp³-hybridized carbons (Fsp3) is 0.250. The Balaban J connectivity index is 1.84. The molecule has 2 N–H and O–H groups in total. The summed E-state index contributed by atoms with van der Waals surface area (Å²) in [6, 6.07) is 5.58. The third-order valence-electron chi connectivity index (χ3n) is 3.86. The van der Waals surface area contributed by atoms with Crippen molar-refractivity contribution in [3.63, 3.8) is 0 Å². The van der Waals surface area contributed by atoms with Crippen molar-refractivity contribution < 1.29 is 23.8 Å². The lowest BCUT2D eigenvalue weighted by atomic mass is 10.2. The molecule has 0 saturated heterocycles. The van der Waals surface area contributed by atoms with E-state index in [1.807, 2.05) is 0 Å². The van der Waals surface area contributed by atoms with Gasteiger partial charge >= 0.3 is 5.97 Å². The monoisotopic (exact) mass is 352 g/mol. The Kier molecular flexibility index (Phi) is 4.55. The molecule has 8 heteroatoms. The zero-order chi connectivity index (χ0) is 17.3. The standard InChI is InChI=1S/C16H14ClFN2O4/c17-11-2-1-3-12(18)10(11)7-19-15(21)13-6-9(16(22)23)14-8-24-5-4-20(13)14/h1-3,6H,4-5,7-8H2,(H,19,21)(H,22,23). The van der Waals surface area contributed by atoms with E-state index in [1.165, 1.54) is 24.3 Å². The summed E-state index contributed by atoms with van der Waals surface area (Å²) in [7, 11) is 0. The smallest absolute Gasteiger partial charge is 0.337 e. The molecule has 0 atom stereocenters. The van der Waals surface area contributed by atoms with E-state index in [4.69, 9.17) is 16.3 Å². The third-order valence-corrected chi connectivity index (χ3v) is 4.21. The van der Waals surface area contributed by atoms with Crippen molar-refractivity contribution in [1.82, 2.24) is 9.88 Å². The van der Waals surface area contributed by atoms with Gasteiger partial charge in [-0.2, -0.15) is 0 Å². The number of carboxylic acid groups (broad SMARTS) is 1. The molecule has 24 heavy (non-hydrogen) atoms. The second-order valence-electron chi connectivity index (χ2n) is 5.28.